The summed E-state index contributed by atoms with van der Waals surface area (Å²) in [4.78, 5) is 5.09. The first-order chi connectivity index (χ1) is 7.74. The molecule has 0 radical (unpaired) electrons. The molecule has 2 fully saturated rings. The third-order valence-corrected chi connectivity index (χ3v) is 5.52. The summed E-state index contributed by atoms with van der Waals surface area (Å²) in [6.45, 7) is 8.81. The molecule has 0 amide bonds. The number of piperazine rings is 1. The molecule has 2 aliphatic rings. The summed E-state index contributed by atoms with van der Waals surface area (Å²) in [6.07, 6.45) is 4.35. The Hall–Kier alpha value is 0.270. The summed E-state index contributed by atoms with van der Waals surface area (Å²) in [5.41, 5.74) is 0. The molecule has 0 aliphatic carbocycles. The van der Waals surface area contributed by atoms with Crippen molar-refractivity contribution in [1.29, 1.82) is 0 Å². The monoisotopic (exact) mass is 242 g/mol. The Morgan fingerprint density at radius 1 is 1.12 bits per heavy atom. The molecule has 0 saturated carbocycles. The zero-order chi connectivity index (χ0) is 11.4. The van der Waals surface area contributed by atoms with E-state index >= 15 is 0 Å². The number of hydrogen-bond donors (Lipinski definition) is 0. The van der Waals surface area contributed by atoms with Crippen molar-refractivity contribution in [2.45, 2.75) is 31.4 Å². The van der Waals surface area contributed by atoms with Gasteiger partial charge in [0.2, 0.25) is 0 Å². The fourth-order valence-electron chi connectivity index (χ4n) is 2.60. The maximum absolute atomic E-state index is 2.66. The Bertz CT molecular complexity index is 172. The summed E-state index contributed by atoms with van der Waals surface area (Å²) in [5.74, 6) is 2.41. The van der Waals surface area contributed by atoms with Gasteiger partial charge < -0.3 is 9.80 Å². The molecule has 0 aromatic heterocycles. The van der Waals surface area contributed by atoms with Crippen molar-refractivity contribution in [3.63, 3.8) is 0 Å². The molecular formula is C13H26N2S. The first-order valence-corrected chi connectivity index (χ1v) is 7.81. The van der Waals surface area contributed by atoms with Gasteiger partial charge >= 0.3 is 0 Å². The minimum Gasteiger partial charge on any atom is -0.304 e. The van der Waals surface area contributed by atoms with E-state index in [4.69, 9.17) is 0 Å². The summed E-state index contributed by atoms with van der Waals surface area (Å²) in [5, 5.41) is 0.917. The van der Waals surface area contributed by atoms with Crippen LogP contribution in [0.3, 0.4) is 0 Å². The first kappa shape index (κ1) is 12.7. The van der Waals surface area contributed by atoms with E-state index in [1.165, 1.54) is 57.7 Å². The van der Waals surface area contributed by atoms with E-state index in [-0.39, 0.29) is 0 Å². The van der Waals surface area contributed by atoms with Crippen LogP contribution >= 0.6 is 11.8 Å². The van der Waals surface area contributed by atoms with E-state index in [2.05, 4.69) is 35.5 Å². The van der Waals surface area contributed by atoms with Crippen LogP contribution in [-0.4, -0.2) is 60.6 Å². The van der Waals surface area contributed by atoms with E-state index in [9.17, 15) is 0 Å². The first-order valence-electron chi connectivity index (χ1n) is 6.76. The highest BCUT2D eigenvalue weighted by Crippen LogP contribution is 2.30. The van der Waals surface area contributed by atoms with Crippen LogP contribution in [0.4, 0.5) is 0 Å². The molecule has 2 atom stereocenters. The lowest BCUT2D eigenvalue weighted by Crippen LogP contribution is -2.45. The quantitative estimate of drug-likeness (QED) is 0.749. The number of nitrogens with zero attached hydrogens (tertiary/aromatic N) is 2. The normalized spacial score (nSPS) is 34.1. The SMILES string of the molecule is CC1CCC(CCN2CCN(C)CC2)CS1. The molecule has 0 bridgehead atoms. The van der Waals surface area contributed by atoms with Gasteiger partial charge in [-0.15, -0.1) is 0 Å². The third-order valence-electron chi connectivity index (χ3n) is 4.05. The Morgan fingerprint density at radius 3 is 2.50 bits per heavy atom. The average Bonchev–Trinajstić information content (AvgIpc) is 2.30. The average molecular weight is 242 g/mol. The Kier molecular flexibility index (Phi) is 4.98. The van der Waals surface area contributed by atoms with Crippen LogP contribution in [0.1, 0.15) is 26.2 Å². The molecular weight excluding hydrogens is 216 g/mol. The molecule has 2 saturated heterocycles. The van der Waals surface area contributed by atoms with Crippen LogP contribution < -0.4 is 0 Å². The van der Waals surface area contributed by atoms with E-state index in [1.807, 2.05) is 0 Å². The van der Waals surface area contributed by atoms with Crippen molar-refractivity contribution < 1.29 is 0 Å². The van der Waals surface area contributed by atoms with Crippen molar-refractivity contribution in [1.82, 2.24) is 9.80 Å². The van der Waals surface area contributed by atoms with Crippen LogP contribution in [-0.2, 0) is 0 Å². The Labute approximate surface area is 105 Å². The lowest BCUT2D eigenvalue weighted by molar-refractivity contribution is 0.147. The zero-order valence-electron chi connectivity index (χ0n) is 10.8. The van der Waals surface area contributed by atoms with Gasteiger partial charge in [0.1, 0.15) is 0 Å². The standard InChI is InChI=1S/C13H26N2S/c1-12-3-4-13(11-16-12)5-6-15-9-7-14(2)8-10-15/h12-13H,3-11H2,1-2H3. The summed E-state index contributed by atoms with van der Waals surface area (Å²) < 4.78 is 0. The second-order valence-electron chi connectivity index (χ2n) is 5.52. The number of rotatable bonds is 3. The maximum atomic E-state index is 2.66. The zero-order valence-corrected chi connectivity index (χ0v) is 11.6. The molecule has 2 rings (SSSR count). The molecule has 94 valence electrons. The van der Waals surface area contributed by atoms with E-state index in [1.54, 1.807) is 0 Å². The molecule has 3 heteroatoms. The number of likely N-dealkylation sites (N-methyl/N-ethyl adjacent to an activating group) is 1. The van der Waals surface area contributed by atoms with E-state index in [0.29, 0.717) is 0 Å². The largest absolute Gasteiger partial charge is 0.304 e. The van der Waals surface area contributed by atoms with Gasteiger partial charge in [-0.2, -0.15) is 11.8 Å². The molecule has 2 nitrogen and oxygen atoms in total. The molecule has 0 N–H and O–H groups in total. The van der Waals surface area contributed by atoms with E-state index in [0.717, 1.165) is 11.2 Å². The van der Waals surface area contributed by atoms with Gasteiger partial charge in [-0.25, -0.2) is 0 Å². The van der Waals surface area contributed by atoms with Crippen LogP contribution in [0.25, 0.3) is 0 Å². The van der Waals surface area contributed by atoms with Gasteiger partial charge in [0.25, 0.3) is 0 Å². The summed E-state index contributed by atoms with van der Waals surface area (Å²) in [7, 11) is 2.23. The van der Waals surface area contributed by atoms with Gasteiger partial charge in [-0.3, -0.25) is 0 Å². The topological polar surface area (TPSA) is 6.48 Å². The van der Waals surface area contributed by atoms with Crippen LogP contribution in [0, 0.1) is 5.92 Å². The van der Waals surface area contributed by atoms with Crippen LogP contribution in [0.2, 0.25) is 0 Å². The highest BCUT2D eigenvalue weighted by molar-refractivity contribution is 7.99. The fraction of sp³-hybridized carbons (Fsp3) is 1.00. The fourth-order valence-corrected chi connectivity index (χ4v) is 3.84. The van der Waals surface area contributed by atoms with Crippen molar-refractivity contribution in [3.8, 4) is 0 Å². The molecule has 2 heterocycles. The molecule has 0 aromatic carbocycles. The molecule has 2 aliphatic heterocycles. The predicted octanol–water partition coefficient (Wildman–Crippen LogP) is 2.16. The highest BCUT2D eigenvalue weighted by Gasteiger charge is 2.20. The maximum Gasteiger partial charge on any atom is 0.0110 e. The summed E-state index contributed by atoms with van der Waals surface area (Å²) in [6, 6.07) is 0. The van der Waals surface area contributed by atoms with Gasteiger partial charge in [0.15, 0.2) is 0 Å². The Morgan fingerprint density at radius 2 is 1.88 bits per heavy atom. The minimum atomic E-state index is 0.917. The van der Waals surface area contributed by atoms with Gasteiger partial charge in [0.05, 0.1) is 0 Å². The highest BCUT2D eigenvalue weighted by atomic mass is 32.2. The van der Waals surface area contributed by atoms with Crippen LogP contribution in [0.15, 0.2) is 0 Å². The number of thioether (sulfide) groups is 1. The second kappa shape index (κ2) is 6.27. The molecule has 16 heavy (non-hydrogen) atoms. The third kappa shape index (κ3) is 3.94. The van der Waals surface area contributed by atoms with Crippen LogP contribution in [0.5, 0.6) is 0 Å². The minimum absolute atomic E-state index is 0.917. The summed E-state index contributed by atoms with van der Waals surface area (Å²) >= 11 is 2.19. The lowest BCUT2D eigenvalue weighted by Gasteiger charge is -2.34. The predicted molar refractivity (Wildman–Crippen MR) is 73.2 cm³/mol. The number of hydrogen-bond acceptors (Lipinski definition) is 3. The van der Waals surface area contributed by atoms with Crippen molar-refractivity contribution in [2.75, 3.05) is 45.5 Å². The molecule has 0 aromatic rings. The Balaban J connectivity index is 1.60. The van der Waals surface area contributed by atoms with E-state index < -0.39 is 0 Å². The van der Waals surface area contributed by atoms with Crippen molar-refractivity contribution >= 4 is 11.8 Å². The molecule has 2 unspecified atom stereocenters. The van der Waals surface area contributed by atoms with Gasteiger partial charge in [-0.1, -0.05) is 6.92 Å². The van der Waals surface area contributed by atoms with Crippen molar-refractivity contribution in [2.24, 2.45) is 5.92 Å². The van der Waals surface area contributed by atoms with Gasteiger partial charge in [0, 0.05) is 31.4 Å². The van der Waals surface area contributed by atoms with Gasteiger partial charge in [-0.05, 0) is 44.5 Å². The molecule has 0 spiro atoms. The van der Waals surface area contributed by atoms with Crippen molar-refractivity contribution in [3.05, 3.63) is 0 Å². The lowest BCUT2D eigenvalue weighted by atomic mass is 9.99. The smallest absolute Gasteiger partial charge is 0.0110 e. The second-order valence-corrected chi connectivity index (χ2v) is 6.99.